The van der Waals surface area contributed by atoms with Crippen LogP contribution in [0.2, 0.25) is 0 Å². The summed E-state index contributed by atoms with van der Waals surface area (Å²) in [5, 5.41) is 7.29. The molecule has 1 heterocycles. The molecule has 0 unspecified atom stereocenters. The van der Waals surface area contributed by atoms with Gasteiger partial charge in [-0.3, -0.25) is 9.48 Å². The molecule has 1 N–H and O–H groups in total. The molecule has 3 rings (SSSR count). The normalized spacial score (nSPS) is 10.6. The summed E-state index contributed by atoms with van der Waals surface area (Å²) in [6.45, 7) is 6.71. The number of aryl methyl sites for hydroxylation is 3. The van der Waals surface area contributed by atoms with E-state index in [1.165, 1.54) is 11.1 Å². The first-order valence-corrected chi connectivity index (χ1v) is 7.99. The molecule has 1 aromatic heterocycles. The molecule has 4 nitrogen and oxygen atoms in total. The molecule has 3 aromatic rings. The standard InChI is InChI=1S/C20H21N3O/c1-14-4-7-17(8-5-14)13-23-11-10-19(22-23)21-20(24)18-9-6-15(2)12-16(18)3/h4-12H,13H2,1-3H3,(H,21,22,24). The molecule has 1 amide bonds. The van der Waals surface area contributed by atoms with E-state index in [1.54, 1.807) is 0 Å². The maximum atomic E-state index is 12.4. The van der Waals surface area contributed by atoms with Crippen molar-refractivity contribution in [3.63, 3.8) is 0 Å². The summed E-state index contributed by atoms with van der Waals surface area (Å²) in [6.07, 6.45) is 1.87. The molecule has 0 saturated carbocycles. The van der Waals surface area contributed by atoms with Gasteiger partial charge in [0.25, 0.3) is 5.91 Å². The number of nitrogens with zero attached hydrogens (tertiary/aromatic N) is 2. The predicted molar refractivity (Wildman–Crippen MR) is 96.4 cm³/mol. The number of nitrogens with one attached hydrogen (secondary N) is 1. The van der Waals surface area contributed by atoms with Crippen LogP contribution < -0.4 is 5.32 Å². The summed E-state index contributed by atoms with van der Waals surface area (Å²) in [7, 11) is 0. The highest BCUT2D eigenvalue weighted by Crippen LogP contribution is 2.13. The number of rotatable bonds is 4. The fourth-order valence-corrected chi connectivity index (χ4v) is 2.65. The third-order valence-corrected chi connectivity index (χ3v) is 3.97. The molecule has 4 heteroatoms. The first-order chi connectivity index (χ1) is 11.5. The largest absolute Gasteiger partial charge is 0.305 e. The third kappa shape index (κ3) is 3.71. The lowest BCUT2D eigenvalue weighted by Crippen LogP contribution is -2.14. The average Bonchev–Trinajstić information content (AvgIpc) is 2.96. The van der Waals surface area contributed by atoms with E-state index < -0.39 is 0 Å². The van der Waals surface area contributed by atoms with Gasteiger partial charge in [-0.1, -0.05) is 47.5 Å². The number of carbonyl (C=O) groups excluding carboxylic acids is 1. The van der Waals surface area contributed by atoms with Crippen LogP contribution in [0, 0.1) is 20.8 Å². The molecular weight excluding hydrogens is 298 g/mol. The van der Waals surface area contributed by atoms with Crippen LogP contribution in [-0.2, 0) is 6.54 Å². The maximum absolute atomic E-state index is 12.4. The molecule has 0 aliphatic heterocycles. The SMILES string of the molecule is Cc1ccc(Cn2ccc(NC(=O)c3ccc(C)cc3C)n2)cc1. The molecule has 24 heavy (non-hydrogen) atoms. The van der Waals surface area contributed by atoms with Crippen LogP contribution in [0.3, 0.4) is 0 Å². The van der Waals surface area contributed by atoms with Crippen molar-refractivity contribution in [3.05, 3.63) is 82.5 Å². The van der Waals surface area contributed by atoms with Gasteiger partial charge in [0, 0.05) is 17.8 Å². The summed E-state index contributed by atoms with van der Waals surface area (Å²) in [6, 6.07) is 16.0. The average molecular weight is 319 g/mol. The Bertz CT molecular complexity index is 863. The Morgan fingerprint density at radius 3 is 2.42 bits per heavy atom. The van der Waals surface area contributed by atoms with Crippen molar-refractivity contribution in [2.75, 3.05) is 5.32 Å². The molecule has 0 bridgehead atoms. The quantitative estimate of drug-likeness (QED) is 0.786. The Labute approximate surface area is 142 Å². The highest BCUT2D eigenvalue weighted by Gasteiger charge is 2.10. The lowest BCUT2D eigenvalue weighted by atomic mass is 10.1. The van der Waals surface area contributed by atoms with E-state index in [0.29, 0.717) is 17.9 Å². The highest BCUT2D eigenvalue weighted by atomic mass is 16.1. The van der Waals surface area contributed by atoms with Crippen molar-refractivity contribution >= 4 is 11.7 Å². The van der Waals surface area contributed by atoms with Crippen molar-refractivity contribution in [1.29, 1.82) is 0 Å². The number of aromatic nitrogens is 2. The predicted octanol–water partition coefficient (Wildman–Crippen LogP) is 4.11. The fraction of sp³-hybridized carbons (Fsp3) is 0.200. The van der Waals surface area contributed by atoms with Gasteiger partial charge < -0.3 is 5.32 Å². The van der Waals surface area contributed by atoms with Crippen LogP contribution in [0.25, 0.3) is 0 Å². The molecule has 0 aliphatic carbocycles. The van der Waals surface area contributed by atoms with Gasteiger partial charge in [-0.25, -0.2) is 0 Å². The minimum Gasteiger partial charge on any atom is -0.305 e. The van der Waals surface area contributed by atoms with Crippen molar-refractivity contribution in [3.8, 4) is 0 Å². The summed E-state index contributed by atoms with van der Waals surface area (Å²) >= 11 is 0. The van der Waals surface area contributed by atoms with Gasteiger partial charge in [-0.15, -0.1) is 0 Å². The van der Waals surface area contributed by atoms with Crippen molar-refractivity contribution in [1.82, 2.24) is 9.78 Å². The Hall–Kier alpha value is -2.88. The molecule has 2 aromatic carbocycles. The second-order valence-electron chi connectivity index (χ2n) is 6.16. The summed E-state index contributed by atoms with van der Waals surface area (Å²) < 4.78 is 1.82. The van der Waals surface area contributed by atoms with E-state index >= 15 is 0 Å². The van der Waals surface area contributed by atoms with Crippen LogP contribution in [0.15, 0.2) is 54.7 Å². The minimum absolute atomic E-state index is 0.131. The maximum Gasteiger partial charge on any atom is 0.257 e. The summed E-state index contributed by atoms with van der Waals surface area (Å²) in [4.78, 5) is 12.4. The molecule has 0 spiro atoms. The molecule has 122 valence electrons. The van der Waals surface area contributed by atoms with Crippen LogP contribution in [0.4, 0.5) is 5.82 Å². The second-order valence-corrected chi connectivity index (χ2v) is 6.16. The molecule has 0 atom stereocenters. The zero-order valence-electron chi connectivity index (χ0n) is 14.2. The van der Waals surface area contributed by atoms with Gasteiger partial charge in [0.1, 0.15) is 0 Å². The van der Waals surface area contributed by atoms with Crippen LogP contribution in [0.5, 0.6) is 0 Å². The lowest BCUT2D eigenvalue weighted by Gasteiger charge is -2.06. The van der Waals surface area contributed by atoms with Crippen molar-refractivity contribution in [2.24, 2.45) is 0 Å². The summed E-state index contributed by atoms with van der Waals surface area (Å²) in [5.74, 6) is 0.431. The Morgan fingerprint density at radius 2 is 1.71 bits per heavy atom. The Morgan fingerprint density at radius 1 is 1.00 bits per heavy atom. The van der Waals surface area contributed by atoms with E-state index in [0.717, 1.165) is 11.1 Å². The molecule has 0 saturated heterocycles. The molecule has 0 aliphatic rings. The van der Waals surface area contributed by atoms with Crippen LogP contribution in [0.1, 0.15) is 32.6 Å². The van der Waals surface area contributed by atoms with Gasteiger partial charge in [0.05, 0.1) is 6.54 Å². The fourth-order valence-electron chi connectivity index (χ4n) is 2.65. The first-order valence-electron chi connectivity index (χ1n) is 7.99. The smallest absolute Gasteiger partial charge is 0.257 e. The highest BCUT2D eigenvalue weighted by molar-refractivity contribution is 6.04. The first kappa shape index (κ1) is 16.0. The number of anilines is 1. The van der Waals surface area contributed by atoms with E-state index in [4.69, 9.17) is 0 Å². The Kier molecular flexibility index (Phi) is 4.47. The van der Waals surface area contributed by atoms with Gasteiger partial charge in [-0.05, 0) is 38.0 Å². The lowest BCUT2D eigenvalue weighted by molar-refractivity contribution is 0.102. The monoisotopic (exact) mass is 319 g/mol. The third-order valence-electron chi connectivity index (χ3n) is 3.97. The number of hydrogen-bond donors (Lipinski definition) is 1. The molecular formula is C20H21N3O. The topological polar surface area (TPSA) is 46.9 Å². The minimum atomic E-state index is -0.131. The zero-order valence-corrected chi connectivity index (χ0v) is 14.2. The van der Waals surface area contributed by atoms with E-state index in [1.807, 2.05) is 49.0 Å². The number of hydrogen-bond acceptors (Lipinski definition) is 2. The molecule has 0 fully saturated rings. The van der Waals surface area contributed by atoms with Crippen LogP contribution >= 0.6 is 0 Å². The van der Waals surface area contributed by atoms with Crippen LogP contribution in [-0.4, -0.2) is 15.7 Å². The van der Waals surface area contributed by atoms with E-state index in [9.17, 15) is 4.79 Å². The Balaban J connectivity index is 1.69. The van der Waals surface area contributed by atoms with E-state index in [-0.39, 0.29) is 5.91 Å². The number of benzene rings is 2. The van der Waals surface area contributed by atoms with E-state index in [2.05, 4.69) is 41.6 Å². The zero-order chi connectivity index (χ0) is 17.1. The van der Waals surface area contributed by atoms with Gasteiger partial charge >= 0.3 is 0 Å². The number of carbonyl (C=O) groups is 1. The van der Waals surface area contributed by atoms with Crippen molar-refractivity contribution in [2.45, 2.75) is 27.3 Å². The van der Waals surface area contributed by atoms with Crippen molar-refractivity contribution < 1.29 is 4.79 Å². The number of amides is 1. The second kappa shape index (κ2) is 6.71. The summed E-state index contributed by atoms with van der Waals surface area (Å²) in [5.41, 5.74) is 5.20. The molecule has 0 radical (unpaired) electrons. The van der Waals surface area contributed by atoms with Gasteiger partial charge in [0.2, 0.25) is 0 Å². The van der Waals surface area contributed by atoms with Gasteiger partial charge in [-0.2, -0.15) is 5.10 Å². The van der Waals surface area contributed by atoms with Gasteiger partial charge in [0.15, 0.2) is 5.82 Å².